The molecule has 1 heterocycles. The third-order valence-electron chi connectivity index (χ3n) is 2.80. The summed E-state index contributed by atoms with van der Waals surface area (Å²) in [7, 11) is 0. The largest absolute Gasteiger partial charge is 0.356 e. The van der Waals surface area contributed by atoms with Crippen LogP contribution in [0.3, 0.4) is 0 Å². The third kappa shape index (κ3) is 0.959. The van der Waals surface area contributed by atoms with Crippen molar-refractivity contribution in [2.24, 2.45) is 5.92 Å². The van der Waals surface area contributed by atoms with Crippen molar-refractivity contribution in [3.05, 3.63) is 0 Å². The molecule has 0 spiro atoms. The van der Waals surface area contributed by atoms with Crippen LogP contribution < -0.4 is 0 Å². The van der Waals surface area contributed by atoms with Gasteiger partial charge in [-0.3, -0.25) is 0 Å². The Kier molecular flexibility index (Phi) is 2.34. The number of alkyl halides is 8. The maximum absolute atomic E-state index is 14.0. The maximum Gasteiger partial charge on any atom is 0.356 e. The molecule has 2 rings (SSSR count). The predicted octanol–water partition coefficient (Wildman–Crippen LogP) is 4.08. The Balaban J connectivity index is 2.72. The lowest BCUT2D eigenvalue weighted by Gasteiger charge is -2.39. The molecular formula is C7H6F6I2. The van der Waals surface area contributed by atoms with E-state index in [0.29, 0.717) is 6.92 Å². The van der Waals surface area contributed by atoms with Gasteiger partial charge >= 0.3 is 11.8 Å². The number of rotatable bonds is 0. The Hall–Kier alpha value is 0.910. The van der Waals surface area contributed by atoms with Crippen molar-refractivity contribution in [1.29, 1.82) is 0 Å². The van der Waals surface area contributed by atoms with Gasteiger partial charge in [0.2, 0.25) is 3.68 Å². The summed E-state index contributed by atoms with van der Waals surface area (Å²) in [6, 6.07) is 0. The first-order valence-corrected chi connectivity index (χ1v) is 13.8. The third-order valence-corrected chi connectivity index (χ3v) is 20.8. The first-order chi connectivity index (χ1) is 6.53. The molecule has 2 aliphatic rings. The Morgan fingerprint density at radius 2 is 1.60 bits per heavy atom. The van der Waals surface area contributed by atoms with Crippen molar-refractivity contribution in [3.8, 4) is 0 Å². The van der Waals surface area contributed by atoms with Crippen LogP contribution in [0.15, 0.2) is 0 Å². The molecule has 15 heavy (non-hydrogen) atoms. The molecule has 3 unspecified atom stereocenters. The molecule has 0 aromatic rings. The number of fused-ring (bicyclic) bond motifs is 1. The summed E-state index contributed by atoms with van der Waals surface area (Å²) < 4.78 is 76.8. The maximum atomic E-state index is 14.0. The highest BCUT2D eigenvalue weighted by atomic mass is 128. The van der Waals surface area contributed by atoms with Gasteiger partial charge in [-0.2, -0.15) is 17.6 Å². The van der Waals surface area contributed by atoms with E-state index in [1.54, 1.807) is 0 Å². The number of halogens is 8. The minimum atomic E-state index is -4.87. The van der Waals surface area contributed by atoms with Crippen LogP contribution in [0.5, 0.6) is 0 Å². The summed E-state index contributed by atoms with van der Waals surface area (Å²) in [5, 5.41) is 0. The Morgan fingerprint density at radius 1 is 1.13 bits per heavy atom. The lowest BCUT2D eigenvalue weighted by atomic mass is 10.1. The Bertz CT molecular complexity index is 412. The highest BCUT2D eigenvalue weighted by Crippen LogP contribution is 2.82. The summed E-state index contributed by atoms with van der Waals surface area (Å²) in [5.74, 6) is -11.7. The molecule has 0 nitrogen and oxygen atoms in total. The molecule has 90 valence electrons. The summed E-state index contributed by atoms with van der Waals surface area (Å²) in [6.45, 7) is 0.661. The molecule has 0 N–H and O–H groups in total. The minimum Gasteiger partial charge on any atom is -0.228 e. The lowest BCUT2D eigenvalue weighted by molar-refractivity contribution is -0.223. The Morgan fingerprint density at radius 3 is 1.87 bits per heavy atom. The molecule has 1 aliphatic carbocycles. The van der Waals surface area contributed by atoms with Crippen LogP contribution in [0.2, 0.25) is 0 Å². The second-order valence-corrected chi connectivity index (χ2v) is 18.0. The molecule has 8 heteroatoms. The molecule has 0 bridgehead atoms. The van der Waals surface area contributed by atoms with Crippen molar-refractivity contribution in [3.63, 3.8) is 0 Å². The van der Waals surface area contributed by atoms with Crippen molar-refractivity contribution in [2.45, 2.75) is 26.1 Å². The monoisotopic (exact) mass is 458 g/mol. The SMILES string of the molecule is C=I1=IC2(F)C1(F)C(C)C(F)(F)C2(F)F. The van der Waals surface area contributed by atoms with Crippen molar-refractivity contribution in [2.75, 3.05) is 0 Å². The zero-order valence-corrected chi connectivity index (χ0v) is 11.6. The predicted molar refractivity (Wildman–Crippen MR) is 61.9 cm³/mol. The molecule has 1 aliphatic heterocycles. The van der Waals surface area contributed by atoms with Crippen LogP contribution in [0.1, 0.15) is 6.92 Å². The highest BCUT2D eigenvalue weighted by Gasteiger charge is 2.92. The molecule has 0 radical (unpaired) electrons. The second kappa shape index (κ2) is 2.83. The molecule has 0 aromatic heterocycles. The second-order valence-electron chi connectivity index (χ2n) is 3.49. The molecule has 0 amide bonds. The van der Waals surface area contributed by atoms with E-state index in [1.165, 1.54) is 0 Å². The summed E-state index contributed by atoms with van der Waals surface area (Å²) in [6.07, 6.45) is 0. The molecular weight excluding hydrogens is 452 g/mol. The standard InChI is InChI=1S/C7H6F6I2/c1-3-4(8,9)6(11,12)7(13)5(3,10)15(2)14-7/h3H,2H2,1H3. The first-order valence-electron chi connectivity index (χ1n) is 3.83. The van der Waals surface area contributed by atoms with E-state index in [-0.39, 0.29) is 0 Å². The quantitative estimate of drug-likeness (QED) is 0.292. The van der Waals surface area contributed by atoms with Gasteiger partial charge in [0, 0.05) is 0 Å². The van der Waals surface area contributed by atoms with E-state index < -0.39 is 56.4 Å². The molecule has 1 saturated carbocycles. The Labute approximate surface area is 93.7 Å². The van der Waals surface area contributed by atoms with Crippen molar-refractivity contribution < 1.29 is 26.3 Å². The van der Waals surface area contributed by atoms with E-state index in [0.717, 1.165) is 0 Å². The smallest absolute Gasteiger partial charge is 0.228 e. The molecule has 0 saturated heterocycles. The van der Waals surface area contributed by atoms with Crippen LogP contribution in [0.4, 0.5) is 26.3 Å². The fourth-order valence-corrected chi connectivity index (χ4v) is 20.5. The van der Waals surface area contributed by atoms with Crippen molar-refractivity contribution in [1.82, 2.24) is 0 Å². The number of hydrogen-bond acceptors (Lipinski definition) is 0. The van der Waals surface area contributed by atoms with Gasteiger partial charge in [-0.15, -0.1) is 0 Å². The number of hydrogen-bond donors (Lipinski definition) is 0. The van der Waals surface area contributed by atoms with Crippen LogP contribution in [-0.4, -0.2) is 23.7 Å². The zero-order valence-electron chi connectivity index (χ0n) is 7.31. The average molecular weight is 458 g/mol. The summed E-state index contributed by atoms with van der Waals surface area (Å²) in [4.78, 5) is 0. The first kappa shape index (κ1) is 12.4. The van der Waals surface area contributed by atoms with Crippen LogP contribution in [0.25, 0.3) is 0 Å². The fourth-order valence-electron chi connectivity index (χ4n) is 1.73. The van der Waals surface area contributed by atoms with Gasteiger partial charge in [0.1, 0.15) is 0 Å². The topological polar surface area (TPSA) is 0 Å². The van der Waals surface area contributed by atoms with E-state index in [4.69, 9.17) is 0 Å². The van der Waals surface area contributed by atoms with Gasteiger partial charge in [0.05, 0.1) is 5.92 Å². The van der Waals surface area contributed by atoms with Gasteiger partial charge in [0.25, 0.3) is 3.68 Å². The van der Waals surface area contributed by atoms with E-state index in [1.807, 2.05) is 0 Å². The molecule has 1 fully saturated rings. The van der Waals surface area contributed by atoms with Gasteiger partial charge in [-0.1, -0.05) is 26.2 Å². The van der Waals surface area contributed by atoms with E-state index >= 15 is 0 Å². The summed E-state index contributed by atoms with van der Waals surface area (Å²) in [5.41, 5.74) is 0. The van der Waals surface area contributed by atoms with Crippen LogP contribution in [-0.2, 0) is 0 Å². The van der Waals surface area contributed by atoms with Gasteiger partial charge in [0.15, 0.2) is 0 Å². The van der Waals surface area contributed by atoms with Gasteiger partial charge in [-0.05, 0) is 16.6 Å². The average Bonchev–Trinajstić information content (AvgIpc) is 2.18. The van der Waals surface area contributed by atoms with E-state index in [2.05, 4.69) is 4.51 Å². The normalized spacial score (nSPS) is 52.3. The molecule has 0 aromatic carbocycles. The highest BCUT2D eigenvalue weighted by molar-refractivity contribution is 14.8. The van der Waals surface area contributed by atoms with Crippen LogP contribution >= 0.6 is 31.3 Å². The summed E-state index contributed by atoms with van der Waals surface area (Å²) >= 11 is -4.65. The fraction of sp³-hybridized carbons (Fsp3) is 0.857. The lowest BCUT2D eigenvalue weighted by Crippen LogP contribution is -2.52. The molecule has 3 atom stereocenters. The van der Waals surface area contributed by atoms with E-state index in [9.17, 15) is 26.3 Å². The minimum absolute atomic E-state index is 0.661. The van der Waals surface area contributed by atoms with Crippen LogP contribution in [0, 0.1) is 5.92 Å². The zero-order chi connectivity index (χ0) is 11.9. The van der Waals surface area contributed by atoms with Gasteiger partial charge in [-0.25, -0.2) is 8.78 Å². The van der Waals surface area contributed by atoms with Crippen molar-refractivity contribution >= 4 is 35.8 Å². The van der Waals surface area contributed by atoms with Gasteiger partial charge < -0.3 is 0 Å².